The van der Waals surface area contributed by atoms with Crippen LogP contribution in [0.25, 0.3) is 0 Å². The van der Waals surface area contributed by atoms with Gasteiger partial charge in [-0.05, 0) is 32.7 Å². The number of carbonyl (C=O) groups is 1. The number of hydrogen-bond acceptors (Lipinski definition) is 3. The van der Waals surface area contributed by atoms with Gasteiger partial charge in [0.2, 0.25) is 5.91 Å². The Bertz CT molecular complexity index is 223. The molecule has 0 bridgehead atoms. The summed E-state index contributed by atoms with van der Waals surface area (Å²) in [5, 5.41) is 16.0. The molecule has 0 spiro atoms. The summed E-state index contributed by atoms with van der Waals surface area (Å²) < 4.78 is 0. The van der Waals surface area contributed by atoms with E-state index in [0.717, 1.165) is 38.8 Å². The first-order chi connectivity index (χ1) is 7.55. The smallest absolute Gasteiger partial charge is 0.224 e. The van der Waals surface area contributed by atoms with E-state index in [1.807, 2.05) is 6.92 Å². The van der Waals surface area contributed by atoms with E-state index in [-0.39, 0.29) is 11.8 Å². The van der Waals surface area contributed by atoms with Crippen molar-refractivity contribution in [3.8, 4) is 0 Å². The monoisotopic (exact) mass is 228 g/mol. The normalized spacial score (nSPS) is 24.8. The summed E-state index contributed by atoms with van der Waals surface area (Å²) >= 11 is 0. The van der Waals surface area contributed by atoms with Gasteiger partial charge in [-0.1, -0.05) is 13.3 Å². The molecule has 0 aromatic carbocycles. The average molecular weight is 228 g/mol. The second-order valence-electron chi connectivity index (χ2n) is 5.01. The first kappa shape index (κ1) is 13.5. The Morgan fingerprint density at radius 3 is 2.94 bits per heavy atom. The molecule has 4 nitrogen and oxygen atoms in total. The lowest BCUT2D eigenvalue weighted by Crippen LogP contribution is -2.46. The van der Waals surface area contributed by atoms with Gasteiger partial charge in [-0.2, -0.15) is 0 Å². The van der Waals surface area contributed by atoms with Crippen LogP contribution in [0.3, 0.4) is 0 Å². The molecule has 0 radical (unpaired) electrons. The fourth-order valence-electron chi connectivity index (χ4n) is 2.12. The van der Waals surface area contributed by atoms with E-state index < -0.39 is 5.60 Å². The lowest BCUT2D eigenvalue weighted by atomic mass is 9.97. The Labute approximate surface area is 97.8 Å². The molecule has 1 unspecified atom stereocenters. The van der Waals surface area contributed by atoms with Gasteiger partial charge in [-0.15, -0.1) is 0 Å². The maximum atomic E-state index is 11.8. The van der Waals surface area contributed by atoms with Crippen LogP contribution in [0.5, 0.6) is 0 Å². The molecule has 1 rings (SSSR count). The van der Waals surface area contributed by atoms with Crippen LogP contribution in [-0.2, 0) is 4.79 Å². The van der Waals surface area contributed by atoms with Gasteiger partial charge in [-0.25, -0.2) is 0 Å². The third-order valence-corrected chi connectivity index (χ3v) is 3.10. The number of hydrogen-bond donors (Lipinski definition) is 3. The fraction of sp³-hybridized carbons (Fsp3) is 0.917. The lowest BCUT2D eigenvalue weighted by Gasteiger charge is -2.26. The van der Waals surface area contributed by atoms with Crippen molar-refractivity contribution in [3.05, 3.63) is 0 Å². The minimum absolute atomic E-state index is 0.0728. The van der Waals surface area contributed by atoms with Crippen molar-refractivity contribution in [2.24, 2.45) is 5.92 Å². The molecular weight excluding hydrogens is 204 g/mol. The van der Waals surface area contributed by atoms with E-state index in [9.17, 15) is 9.90 Å². The Morgan fingerprint density at radius 1 is 1.62 bits per heavy atom. The highest BCUT2D eigenvalue weighted by atomic mass is 16.3. The van der Waals surface area contributed by atoms with Crippen molar-refractivity contribution in [2.75, 3.05) is 19.6 Å². The van der Waals surface area contributed by atoms with E-state index in [1.54, 1.807) is 6.92 Å². The van der Waals surface area contributed by atoms with E-state index in [1.165, 1.54) is 0 Å². The fourth-order valence-corrected chi connectivity index (χ4v) is 2.12. The van der Waals surface area contributed by atoms with Gasteiger partial charge in [0.15, 0.2) is 0 Å². The minimum atomic E-state index is -0.771. The summed E-state index contributed by atoms with van der Waals surface area (Å²) in [5.41, 5.74) is -0.771. The van der Waals surface area contributed by atoms with Crippen LogP contribution in [0.1, 0.15) is 39.5 Å². The standard InChI is InChI=1S/C12H24N2O2/c1-3-6-12(2,16)9-14-11(15)10-5-4-7-13-8-10/h10,13,16H,3-9H2,1-2H3,(H,14,15)/t10-,12?/m0/s1. The first-order valence-corrected chi connectivity index (χ1v) is 6.26. The number of piperidine rings is 1. The van der Waals surface area contributed by atoms with Crippen molar-refractivity contribution in [1.29, 1.82) is 0 Å². The van der Waals surface area contributed by atoms with E-state index in [4.69, 9.17) is 0 Å². The molecule has 0 saturated carbocycles. The highest BCUT2D eigenvalue weighted by Gasteiger charge is 2.24. The molecule has 3 N–H and O–H groups in total. The van der Waals surface area contributed by atoms with Gasteiger partial charge in [0.25, 0.3) is 0 Å². The Balaban J connectivity index is 2.28. The molecule has 1 fully saturated rings. The first-order valence-electron chi connectivity index (χ1n) is 6.26. The second kappa shape index (κ2) is 6.21. The van der Waals surface area contributed by atoms with Crippen LogP contribution in [0.15, 0.2) is 0 Å². The van der Waals surface area contributed by atoms with Crippen molar-refractivity contribution in [1.82, 2.24) is 10.6 Å². The van der Waals surface area contributed by atoms with Crippen LogP contribution < -0.4 is 10.6 Å². The number of carbonyl (C=O) groups excluding carboxylic acids is 1. The topological polar surface area (TPSA) is 61.4 Å². The Morgan fingerprint density at radius 2 is 2.38 bits per heavy atom. The van der Waals surface area contributed by atoms with Crippen LogP contribution in [-0.4, -0.2) is 36.2 Å². The zero-order valence-corrected chi connectivity index (χ0v) is 10.4. The summed E-state index contributed by atoms with van der Waals surface area (Å²) in [5.74, 6) is 0.148. The Kier molecular flexibility index (Phi) is 5.22. The van der Waals surface area contributed by atoms with E-state index in [0.29, 0.717) is 6.54 Å². The number of amides is 1. The molecule has 94 valence electrons. The SMILES string of the molecule is CCCC(C)(O)CNC(=O)[C@H]1CCCNC1. The molecular formula is C12H24N2O2. The Hall–Kier alpha value is -0.610. The molecule has 1 aliphatic heterocycles. The van der Waals surface area contributed by atoms with E-state index in [2.05, 4.69) is 10.6 Å². The van der Waals surface area contributed by atoms with E-state index >= 15 is 0 Å². The third-order valence-electron chi connectivity index (χ3n) is 3.10. The maximum absolute atomic E-state index is 11.8. The molecule has 16 heavy (non-hydrogen) atoms. The number of rotatable bonds is 5. The van der Waals surface area contributed by atoms with Gasteiger partial charge in [0, 0.05) is 13.1 Å². The summed E-state index contributed by atoms with van der Waals surface area (Å²) in [4.78, 5) is 11.8. The molecule has 0 aromatic rings. The van der Waals surface area contributed by atoms with Crippen LogP contribution in [0.2, 0.25) is 0 Å². The number of nitrogens with one attached hydrogen (secondary N) is 2. The maximum Gasteiger partial charge on any atom is 0.224 e. The van der Waals surface area contributed by atoms with Crippen molar-refractivity contribution in [3.63, 3.8) is 0 Å². The average Bonchev–Trinajstić information content (AvgIpc) is 2.27. The highest BCUT2D eigenvalue weighted by molar-refractivity contribution is 5.79. The molecule has 0 aliphatic carbocycles. The van der Waals surface area contributed by atoms with Gasteiger partial charge in [0.1, 0.15) is 0 Å². The lowest BCUT2D eigenvalue weighted by molar-refractivity contribution is -0.126. The molecule has 0 aromatic heterocycles. The predicted molar refractivity (Wildman–Crippen MR) is 64.1 cm³/mol. The van der Waals surface area contributed by atoms with Crippen LogP contribution >= 0.6 is 0 Å². The molecule has 4 heteroatoms. The van der Waals surface area contributed by atoms with Crippen molar-refractivity contribution < 1.29 is 9.90 Å². The van der Waals surface area contributed by atoms with Gasteiger partial charge in [0.05, 0.1) is 11.5 Å². The van der Waals surface area contributed by atoms with Crippen LogP contribution in [0, 0.1) is 5.92 Å². The summed E-state index contributed by atoms with van der Waals surface area (Å²) in [6, 6.07) is 0. The largest absolute Gasteiger partial charge is 0.388 e. The van der Waals surface area contributed by atoms with Gasteiger partial charge in [-0.3, -0.25) is 4.79 Å². The molecule has 1 aliphatic rings. The minimum Gasteiger partial charge on any atom is -0.388 e. The highest BCUT2D eigenvalue weighted by Crippen LogP contribution is 2.12. The predicted octanol–water partition coefficient (Wildman–Crippen LogP) is 0.653. The second-order valence-corrected chi connectivity index (χ2v) is 5.01. The molecule has 1 heterocycles. The zero-order chi connectivity index (χ0) is 12.0. The van der Waals surface area contributed by atoms with Crippen LogP contribution in [0.4, 0.5) is 0 Å². The molecule has 1 amide bonds. The number of aliphatic hydroxyl groups is 1. The summed E-state index contributed by atoms with van der Waals surface area (Å²) in [6.45, 7) is 5.94. The van der Waals surface area contributed by atoms with Gasteiger partial charge >= 0.3 is 0 Å². The quantitative estimate of drug-likeness (QED) is 0.647. The van der Waals surface area contributed by atoms with Gasteiger partial charge < -0.3 is 15.7 Å². The van der Waals surface area contributed by atoms with Crippen molar-refractivity contribution in [2.45, 2.75) is 45.1 Å². The molecule has 1 saturated heterocycles. The molecule has 2 atom stereocenters. The summed E-state index contributed by atoms with van der Waals surface area (Å²) in [6.07, 6.45) is 3.66. The third kappa shape index (κ3) is 4.49. The summed E-state index contributed by atoms with van der Waals surface area (Å²) in [7, 11) is 0. The van der Waals surface area contributed by atoms with Crippen molar-refractivity contribution >= 4 is 5.91 Å². The zero-order valence-electron chi connectivity index (χ0n) is 10.4.